The Labute approximate surface area is 117 Å². The highest BCUT2D eigenvalue weighted by atomic mass is 19.1. The molecule has 2 rings (SSSR count). The molecule has 1 unspecified atom stereocenters. The van der Waals surface area contributed by atoms with Gasteiger partial charge in [0.15, 0.2) is 11.6 Å². The van der Waals surface area contributed by atoms with Crippen LogP contribution < -0.4 is 10.2 Å². The highest BCUT2D eigenvalue weighted by Crippen LogP contribution is 2.24. The third kappa shape index (κ3) is 3.63. The van der Waals surface area contributed by atoms with Crippen molar-refractivity contribution >= 4 is 11.8 Å². The van der Waals surface area contributed by atoms with Crippen molar-refractivity contribution in [3.8, 4) is 0 Å². The molecule has 1 fully saturated rings. The number of nitrogens with zero attached hydrogens (tertiary/aromatic N) is 3. The first kappa shape index (κ1) is 14.6. The zero-order valence-electron chi connectivity index (χ0n) is 11.5. The zero-order chi connectivity index (χ0) is 14.5. The van der Waals surface area contributed by atoms with E-state index in [0.29, 0.717) is 30.5 Å². The number of halogens is 1. The topological polar surface area (TPSA) is 78.4 Å². The number of nitrogens with one attached hydrogen (secondary N) is 1. The molecule has 7 heteroatoms. The van der Waals surface area contributed by atoms with Gasteiger partial charge in [-0.15, -0.1) is 0 Å². The second-order valence-electron chi connectivity index (χ2n) is 5.08. The number of aliphatic carboxylic acids is 1. The minimum atomic E-state index is -0.866. The molecule has 6 nitrogen and oxygen atoms in total. The third-order valence-corrected chi connectivity index (χ3v) is 3.47. The van der Waals surface area contributed by atoms with Gasteiger partial charge in [-0.1, -0.05) is 0 Å². The lowest BCUT2D eigenvalue weighted by atomic mass is 9.98. The van der Waals surface area contributed by atoms with Crippen LogP contribution in [0, 0.1) is 18.7 Å². The minimum Gasteiger partial charge on any atom is -0.480 e. The van der Waals surface area contributed by atoms with Crippen molar-refractivity contribution in [1.29, 1.82) is 0 Å². The smallest absolute Gasteiger partial charge is 0.317 e. The lowest BCUT2D eigenvalue weighted by Crippen LogP contribution is -2.41. The molecule has 0 aromatic carbocycles. The average Bonchev–Trinajstić information content (AvgIpc) is 2.42. The number of hydrogen-bond acceptors (Lipinski definition) is 5. The van der Waals surface area contributed by atoms with E-state index in [2.05, 4.69) is 15.3 Å². The Morgan fingerprint density at radius 3 is 3.15 bits per heavy atom. The van der Waals surface area contributed by atoms with E-state index in [1.165, 1.54) is 6.33 Å². The third-order valence-electron chi connectivity index (χ3n) is 3.47. The fourth-order valence-corrected chi connectivity index (χ4v) is 2.47. The number of rotatable bonds is 5. The molecule has 1 aromatic rings. The molecule has 1 saturated heterocycles. The molecule has 0 aliphatic carbocycles. The number of carbonyl (C=O) groups is 1. The molecule has 0 radical (unpaired) electrons. The van der Waals surface area contributed by atoms with Gasteiger partial charge in [0.25, 0.3) is 0 Å². The summed E-state index contributed by atoms with van der Waals surface area (Å²) in [6.45, 7) is 3.64. The molecule has 0 spiro atoms. The maximum absolute atomic E-state index is 14.0. The van der Waals surface area contributed by atoms with Crippen molar-refractivity contribution in [3.63, 3.8) is 0 Å². The maximum Gasteiger partial charge on any atom is 0.317 e. The largest absolute Gasteiger partial charge is 0.480 e. The van der Waals surface area contributed by atoms with Crippen molar-refractivity contribution < 1.29 is 14.3 Å². The van der Waals surface area contributed by atoms with E-state index in [0.717, 1.165) is 19.4 Å². The van der Waals surface area contributed by atoms with E-state index in [1.54, 1.807) is 6.92 Å². The van der Waals surface area contributed by atoms with Gasteiger partial charge in [0.2, 0.25) is 0 Å². The second-order valence-corrected chi connectivity index (χ2v) is 5.08. The van der Waals surface area contributed by atoms with Crippen LogP contribution in [0.2, 0.25) is 0 Å². The van der Waals surface area contributed by atoms with Crippen LogP contribution in [0.1, 0.15) is 18.5 Å². The van der Waals surface area contributed by atoms with E-state index in [4.69, 9.17) is 5.11 Å². The lowest BCUT2D eigenvalue weighted by Gasteiger charge is -2.33. The predicted molar refractivity (Wildman–Crippen MR) is 72.2 cm³/mol. The fourth-order valence-electron chi connectivity index (χ4n) is 2.47. The summed E-state index contributed by atoms with van der Waals surface area (Å²) in [6, 6.07) is 0. The van der Waals surface area contributed by atoms with Gasteiger partial charge in [-0.05, 0) is 25.7 Å². The summed E-state index contributed by atoms with van der Waals surface area (Å²) in [6.07, 6.45) is 3.33. The molecule has 110 valence electrons. The molecule has 0 bridgehead atoms. The number of carboxylic acids is 1. The second kappa shape index (κ2) is 6.60. The summed E-state index contributed by atoms with van der Waals surface area (Å²) < 4.78 is 14.0. The molecule has 1 atom stereocenters. The van der Waals surface area contributed by atoms with Gasteiger partial charge in [0.05, 0.1) is 12.2 Å². The van der Waals surface area contributed by atoms with Crippen LogP contribution in [-0.2, 0) is 4.79 Å². The van der Waals surface area contributed by atoms with Crippen LogP contribution in [0.3, 0.4) is 0 Å². The zero-order valence-corrected chi connectivity index (χ0v) is 11.5. The first-order valence-corrected chi connectivity index (χ1v) is 6.72. The SMILES string of the molecule is Cc1ncnc(N2CCCC(CNCC(=O)O)C2)c1F. The average molecular weight is 282 g/mol. The Morgan fingerprint density at radius 1 is 1.60 bits per heavy atom. The monoisotopic (exact) mass is 282 g/mol. The quantitative estimate of drug-likeness (QED) is 0.832. The molecule has 1 aromatic heterocycles. The van der Waals surface area contributed by atoms with Gasteiger partial charge in [-0.3, -0.25) is 4.79 Å². The highest BCUT2D eigenvalue weighted by Gasteiger charge is 2.23. The standard InChI is InChI=1S/C13H19FN4O2/c1-9-12(14)13(17-8-16-9)18-4-2-3-10(7-18)5-15-6-11(19)20/h8,10,15H,2-7H2,1H3,(H,19,20). The van der Waals surface area contributed by atoms with Gasteiger partial charge in [0.1, 0.15) is 6.33 Å². The molecule has 2 heterocycles. The number of hydrogen-bond donors (Lipinski definition) is 2. The first-order chi connectivity index (χ1) is 9.58. The van der Waals surface area contributed by atoms with Crippen LogP contribution in [0.4, 0.5) is 10.2 Å². The molecular weight excluding hydrogens is 263 g/mol. The van der Waals surface area contributed by atoms with Gasteiger partial charge < -0.3 is 15.3 Å². The molecule has 0 amide bonds. The molecule has 0 saturated carbocycles. The van der Waals surface area contributed by atoms with Crippen LogP contribution in [0.15, 0.2) is 6.33 Å². The van der Waals surface area contributed by atoms with Crippen LogP contribution in [-0.4, -0.2) is 47.2 Å². The summed E-state index contributed by atoms with van der Waals surface area (Å²) in [7, 11) is 0. The molecule has 20 heavy (non-hydrogen) atoms. The molecule has 1 aliphatic heterocycles. The summed E-state index contributed by atoms with van der Waals surface area (Å²) in [5.41, 5.74) is 0.348. The van der Waals surface area contributed by atoms with Gasteiger partial charge >= 0.3 is 5.97 Å². The van der Waals surface area contributed by atoms with Gasteiger partial charge in [-0.25, -0.2) is 14.4 Å². The van der Waals surface area contributed by atoms with Crippen LogP contribution in [0.25, 0.3) is 0 Å². The van der Waals surface area contributed by atoms with Crippen molar-refractivity contribution in [2.75, 3.05) is 31.1 Å². The van der Waals surface area contributed by atoms with Crippen molar-refractivity contribution in [2.24, 2.45) is 5.92 Å². The number of carboxylic acid groups (broad SMARTS) is 1. The first-order valence-electron chi connectivity index (χ1n) is 6.72. The predicted octanol–water partition coefficient (Wildman–Crippen LogP) is 0.815. The van der Waals surface area contributed by atoms with E-state index < -0.39 is 5.97 Å². The van der Waals surface area contributed by atoms with Crippen molar-refractivity contribution in [1.82, 2.24) is 15.3 Å². The molecule has 2 N–H and O–H groups in total. The number of piperidine rings is 1. The van der Waals surface area contributed by atoms with Crippen LogP contribution >= 0.6 is 0 Å². The Morgan fingerprint density at radius 2 is 2.40 bits per heavy atom. The molecule has 1 aliphatic rings. The summed E-state index contributed by atoms with van der Waals surface area (Å²) >= 11 is 0. The minimum absolute atomic E-state index is 0.0442. The Bertz CT molecular complexity index is 483. The van der Waals surface area contributed by atoms with Crippen LogP contribution in [0.5, 0.6) is 0 Å². The van der Waals surface area contributed by atoms with E-state index >= 15 is 0 Å². The summed E-state index contributed by atoms with van der Waals surface area (Å²) in [5.74, 6) is -0.583. The number of aryl methyl sites for hydroxylation is 1. The summed E-state index contributed by atoms with van der Waals surface area (Å²) in [5, 5.41) is 11.5. The van der Waals surface area contributed by atoms with E-state index in [9.17, 15) is 9.18 Å². The maximum atomic E-state index is 14.0. The highest BCUT2D eigenvalue weighted by molar-refractivity contribution is 5.68. The van der Waals surface area contributed by atoms with Gasteiger partial charge in [-0.2, -0.15) is 0 Å². The lowest BCUT2D eigenvalue weighted by molar-refractivity contribution is -0.136. The van der Waals surface area contributed by atoms with E-state index in [1.807, 2.05) is 4.90 Å². The van der Waals surface area contributed by atoms with Crippen molar-refractivity contribution in [3.05, 3.63) is 17.8 Å². The Hall–Kier alpha value is -1.76. The van der Waals surface area contributed by atoms with E-state index in [-0.39, 0.29) is 12.4 Å². The Balaban J connectivity index is 1.96. The van der Waals surface area contributed by atoms with Crippen molar-refractivity contribution in [2.45, 2.75) is 19.8 Å². The fraction of sp³-hybridized carbons (Fsp3) is 0.615. The normalized spacial score (nSPS) is 19.1. The van der Waals surface area contributed by atoms with Gasteiger partial charge in [0, 0.05) is 19.6 Å². The number of anilines is 1. The molecular formula is C13H19FN4O2. The Kier molecular flexibility index (Phi) is 4.84. The summed E-state index contributed by atoms with van der Waals surface area (Å²) in [4.78, 5) is 20.2. The number of aromatic nitrogens is 2.